The summed E-state index contributed by atoms with van der Waals surface area (Å²) in [5, 5.41) is 0. The first-order valence-corrected chi connectivity index (χ1v) is 19.3. The number of carbonyl (C=O) groups excluding carboxylic acids is 3. The Labute approximate surface area is 283 Å². The summed E-state index contributed by atoms with van der Waals surface area (Å²) in [6.45, 7) is 4.63. The molecule has 0 amide bonds. The molecule has 0 heterocycles. The standard InChI is InChI=1S/C40H72O6/c1-3-5-7-9-11-13-15-17-19-21-23-25-27-29-31-33-39(42)45-36-38(35-44-37-41)46-40(43)34-32-30-28-26-24-22-20-18-16-14-12-10-8-6-4-2/h17-20,37-38H,3-16,21-36H2,1-2H3/b19-17-,20-18-. The van der Waals surface area contributed by atoms with E-state index in [2.05, 4.69) is 38.2 Å². The highest BCUT2D eigenvalue weighted by Crippen LogP contribution is 2.13. The van der Waals surface area contributed by atoms with Gasteiger partial charge in [0.2, 0.25) is 0 Å². The molecule has 0 aliphatic rings. The topological polar surface area (TPSA) is 78.9 Å². The van der Waals surface area contributed by atoms with Crippen molar-refractivity contribution in [2.45, 2.75) is 200 Å². The SMILES string of the molecule is CCCCCCCC/C=C\CCCCCCCC(=O)OCC(COC=O)OC(=O)CCCCCCC/C=C\CCCCCCCC. The van der Waals surface area contributed by atoms with Crippen LogP contribution in [0.5, 0.6) is 0 Å². The van der Waals surface area contributed by atoms with Gasteiger partial charge < -0.3 is 14.2 Å². The van der Waals surface area contributed by atoms with E-state index in [-0.39, 0.29) is 25.2 Å². The molecule has 0 fully saturated rings. The monoisotopic (exact) mass is 649 g/mol. The summed E-state index contributed by atoms with van der Waals surface area (Å²) < 4.78 is 15.6. The van der Waals surface area contributed by atoms with Crippen LogP contribution in [0.2, 0.25) is 0 Å². The molecule has 0 spiro atoms. The second kappa shape index (κ2) is 37.3. The fraction of sp³-hybridized carbons (Fsp3) is 0.825. The van der Waals surface area contributed by atoms with Gasteiger partial charge >= 0.3 is 11.9 Å². The van der Waals surface area contributed by atoms with Crippen LogP contribution < -0.4 is 0 Å². The largest absolute Gasteiger partial charge is 0.464 e. The van der Waals surface area contributed by atoms with Gasteiger partial charge in [0.1, 0.15) is 13.2 Å². The molecule has 0 aromatic heterocycles. The Kier molecular flexibility index (Phi) is 35.6. The van der Waals surface area contributed by atoms with Gasteiger partial charge in [-0.3, -0.25) is 14.4 Å². The van der Waals surface area contributed by atoms with Crippen molar-refractivity contribution in [3.63, 3.8) is 0 Å². The molecule has 6 nitrogen and oxygen atoms in total. The van der Waals surface area contributed by atoms with Crippen LogP contribution >= 0.6 is 0 Å². The molecular formula is C40H72O6. The predicted molar refractivity (Wildman–Crippen MR) is 192 cm³/mol. The first kappa shape index (κ1) is 43.9. The highest BCUT2D eigenvalue weighted by atomic mass is 16.6. The van der Waals surface area contributed by atoms with Crippen LogP contribution in [0.15, 0.2) is 24.3 Å². The lowest BCUT2D eigenvalue weighted by molar-refractivity contribution is -0.164. The summed E-state index contributed by atoms with van der Waals surface area (Å²) in [7, 11) is 0. The molecule has 0 N–H and O–H groups in total. The quantitative estimate of drug-likeness (QED) is 0.0221. The van der Waals surface area contributed by atoms with Crippen molar-refractivity contribution in [3.8, 4) is 0 Å². The van der Waals surface area contributed by atoms with Gasteiger partial charge in [-0.25, -0.2) is 0 Å². The minimum absolute atomic E-state index is 0.0874. The van der Waals surface area contributed by atoms with Crippen molar-refractivity contribution in [2.24, 2.45) is 0 Å². The van der Waals surface area contributed by atoms with Crippen molar-refractivity contribution in [1.29, 1.82) is 0 Å². The molecule has 0 saturated carbocycles. The summed E-state index contributed by atoms with van der Waals surface area (Å²) in [6, 6.07) is 0. The Morgan fingerprint density at radius 1 is 0.478 bits per heavy atom. The Hall–Kier alpha value is -2.11. The van der Waals surface area contributed by atoms with Gasteiger partial charge in [-0.15, -0.1) is 0 Å². The van der Waals surface area contributed by atoms with Crippen LogP contribution in [-0.4, -0.2) is 37.7 Å². The zero-order valence-corrected chi connectivity index (χ0v) is 30.1. The Balaban J connectivity index is 3.78. The van der Waals surface area contributed by atoms with Crippen LogP contribution in [-0.2, 0) is 28.6 Å². The van der Waals surface area contributed by atoms with E-state index in [9.17, 15) is 14.4 Å². The van der Waals surface area contributed by atoms with E-state index in [1.807, 2.05) is 0 Å². The van der Waals surface area contributed by atoms with Crippen molar-refractivity contribution >= 4 is 18.4 Å². The fourth-order valence-electron chi connectivity index (χ4n) is 5.45. The van der Waals surface area contributed by atoms with E-state index in [1.165, 1.54) is 116 Å². The van der Waals surface area contributed by atoms with Gasteiger partial charge in [-0.1, -0.05) is 141 Å². The highest BCUT2D eigenvalue weighted by Gasteiger charge is 2.17. The second-order valence-corrected chi connectivity index (χ2v) is 12.9. The molecule has 0 aromatic rings. The maximum atomic E-state index is 12.3. The zero-order chi connectivity index (χ0) is 33.6. The van der Waals surface area contributed by atoms with Crippen molar-refractivity contribution < 1.29 is 28.6 Å². The molecule has 1 atom stereocenters. The van der Waals surface area contributed by atoms with Crippen LogP contribution in [0.3, 0.4) is 0 Å². The normalized spacial score (nSPS) is 12.1. The predicted octanol–water partition coefficient (Wildman–Crippen LogP) is 11.7. The second-order valence-electron chi connectivity index (χ2n) is 12.9. The number of hydrogen-bond acceptors (Lipinski definition) is 6. The summed E-state index contributed by atoms with van der Waals surface area (Å²) >= 11 is 0. The molecule has 0 saturated heterocycles. The lowest BCUT2D eigenvalue weighted by Crippen LogP contribution is -2.29. The van der Waals surface area contributed by atoms with Crippen LogP contribution in [0.25, 0.3) is 0 Å². The summed E-state index contributed by atoms with van der Waals surface area (Å²) in [6.07, 6.45) is 40.5. The molecular weight excluding hydrogens is 576 g/mol. The number of rotatable bonds is 36. The van der Waals surface area contributed by atoms with Gasteiger partial charge in [0, 0.05) is 12.8 Å². The lowest BCUT2D eigenvalue weighted by atomic mass is 10.1. The molecule has 0 bridgehead atoms. The summed E-state index contributed by atoms with van der Waals surface area (Å²) in [4.78, 5) is 35.1. The third-order valence-corrected chi connectivity index (χ3v) is 8.36. The molecule has 0 radical (unpaired) electrons. The molecule has 0 aromatic carbocycles. The van der Waals surface area contributed by atoms with Gasteiger partial charge in [-0.2, -0.15) is 0 Å². The Morgan fingerprint density at radius 2 is 0.848 bits per heavy atom. The Morgan fingerprint density at radius 3 is 1.26 bits per heavy atom. The van der Waals surface area contributed by atoms with E-state index in [0.29, 0.717) is 19.3 Å². The van der Waals surface area contributed by atoms with E-state index < -0.39 is 6.10 Å². The first-order chi connectivity index (χ1) is 22.6. The maximum absolute atomic E-state index is 12.3. The zero-order valence-electron chi connectivity index (χ0n) is 30.1. The van der Waals surface area contributed by atoms with Gasteiger partial charge in [0.15, 0.2) is 6.10 Å². The smallest absolute Gasteiger partial charge is 0.306 e. The van der Waals surface area contributed by atoms with Crippen LogP contribution in [0.4, 0.5) is 0 Å². The first-order valence-electron chi connectivity index (χ1n) is 19.3. The molecule has 0 rings (SSSR count). The van der Waals surface area contributed by atoms with Crippen LogP contribution in [0.1, 0.15) is 194 Å². The van der Waals surface area contributed by atoms with Crippen molar-refractivity contribution in [3.05, 3.63) is 24.3 Å². The molecule has 268 valence electrons. The van der Waals surface area contributed by atoms with Gasteiger partial charge in [-0.05, 0) is 64.2 Å². The van der Waals surface area contributed by atoms with Crippen LogP contribution in [0, 0.1) is 0 Å². The molecule has 0 aliphatic carbocycles. The molecule has 46 heavy (non-hydrogen) atoms. The third-order valence-electron chi connectivity index (χ3n) is 8.36. The average molecular weight is 649 g/mol. The van der Waals surface area contributed by atoms with Gasteiger partial charge in [0.25, 0.3) is 6.47 Å². The number of unbranched alkanes of at least 4 members (excludes halogenated alkanes) is 22. The molecule has 0 aliphatic heterocycles. The molecule has 1 unspecified atom stereocenters. The number of carbonyl (C=O) groups is 3. The fourth-order valence-corrected chi connectivity index (χ4v) is 5.45. The number of allylic oxidation sites excluding steroid dienone is 4. The minimum atomic E-state index is -0.765. The van der Waals surface area contributed by atoms with E-state index >= 15 is 0 Å². The van der Waals surface area contributed by atoms with E-state index in [4.69, 9.17) is 14.2 Å². The van der Waals surface area contributed by atoms with Gasteiger partial charge in [0.05, 0.1) is 0 Å². The Bertz CT molecular complexity index is 731. The number of esters is 2. The number of ether oxygens (including phenoxy) is 3. The third kappa shape index (κ3) is 34.8. The lowest BCUT2D eigenvalue weighted by Gasteiger charge is -2.17. The average Bonchev–Trinajstić information content (AvgIpc) is 3.05. The summed E-state index contributed by atoms with van der Waals surface area (Å²) in [5.74, 6) is -0.646. The van der Waals surface area contributed by atoms with E-state index in [0.717, 1.165) is 51.4 Å². The maximum Gasteiger partial charge on any atom is 0.306 e. The molecule has 6 heteroatoms. The summed E-state index contributed by atoms with van der Waals surface area (Å²) in [5.41, 5.74) is 0. The van der Waals surface area contributed by atoms with Crippen molar-refractivity contribution in [1.82, 2.24) is 0 Å². The van der Waals surface area contributed by atoms with E-state index in [1.54, 1.807) is 0 Å². The van der Waals surface area contributed by atoms with Crippen molar-refractivity contribution in [2.75, 3.05) is 13.2 Å². The number of hydrogen-bond donors (Lipinski definition) is 0. The highest BCUT2D eigenvalue weighted by molar-refractivity contribution is 5.70. The minimum Gasteiger partial charge on any atom is -0.464 e.